The second-order valence-electron chi connectivity index (χ2n) is 18.0. The molecular formula is C47H56N8O6. The minimum atomic E-state index is -0.693. The van der Waals surface area contributed by atoms with Gasteiger partial charge in [-0.1, -0.05) is 58.0 Å². The molecule has 4 N–H and O–H groups in total. The number of ether oxygens (including phenoxy) is 2. The molecule has 2 aromatic heterocycles. The molecule has 4 aliphatic rings. The maximum atomic E-state index is 14.1. The lowest BCUT2D eigenvalue weighted by Crippen LogP contribution is -2.54. The molecule has 61 heavy (non-hydrogen) atoms. The van der Waals surface area contributed by atoms with Crippen LogP contribution in [0.1, 0.15) is 101 Å². The van der Waals surface area contributed by atoms with Crippen LogP contribution in [-0.2, 0) is 31.9 Å². The van der Waals surface area contributed by atoms with Crippen LogP contribution < -0.4 is 10.6 Å². The number of hydrogen-bond donors (Lipinski definition) is 4. The van der Waals surface area contributed by atoms with Crippen LogP contribution in [0.5, 0.6) is 0 Å². The van der Waals surface area contributed by atoms with Crippen molar-refractivity contribution >= 4 is 45.8 Å². The molecule has 3 aromatic carbocycles. The molecule has 5 aromatic rings. The Morgan fingerprint density at radius 3 is 2.21 bits per heavy atom. The standard InChI is InChI=1S/C47H56N8O6/c1-24(2)38(52-46(58)60-5)44(56)54-20-8-11-37(54)42-49-35-19-14-27-21-26(13-16-31(27)40(35)51-42)30-17-18-34(33-10-7-9-32(30)33)36-23-48-43(50-36)41-28-12-15-29(22-28)55(41)45(57)39(25(3)4)53-47(59)61-6/h13-14,16-19,21,23-25,28-29,37-39,41H,7-12,15,20,22H2,1-6H3,(H,48,50)(H,49,51)(H,52,58)(H,53,59)/t28?,29?,37-,38-,39-,41-/m0/s1. The number of imidazole rings is 2. The molecule has 0 spiro atoms. The van der Waals surface area contributed by atoms with E-state index < -0.39 is 24.3 Å². The van der Waals surface area contributed by atoms with Crippen LogP contribution >= 0.6 is 0 Å². The van der Waals surface area contributed by atoms with Gasteiger partial charge in [-0.2, -0.15) is 0 Å². The Bertz CT molecular complexity index is 2520. The quantitative estimate of drug-likeness (QED) is 0.111. The molecule has 0 radical (unpaired) electrons. The molecule has 2 saturated heterocycles. The zero-order valence-corrected chi connectivity index (χ0v) is 35.8. The van der Waals surface area contributed by atoms with Gasteiger partial charge < -0.3 is 39.9 Å². The van der Waals surface area contributed by atoms with E-state index in [1.807, 2.05) is 43.7 Å². The van der Waals surface area contributed by atoms with E-state index in [4.69, 9.17) is 19.4 Å². The number of piperidine rings is 1. The van der Waals surface area contributed by atoms with E-state index in [9.17, 15) is 19.2 Å². The van der Waals surface area contributed by atoms with Gasteiger partial charge >= 0.3 is 12.2 Å². The van der Waals surface area contributed by atoms with Gasteiger partial charge in [-0.05, 0) is 109 Å². The second-order valence-corrected chi connectivity index (χ2v) is 18.0. The van der Waals surface area contributed by atoms with Gasteiger partial charge in [-0.3, -0.25) is 9.59 Å². The van der Waals surface area contributed by atoms with Gasteiger partial charge in [0.25, 0.3) is 0 Å². The summed E-state index contributed by atoms with van der Waals surface area (Å²) in [4.78, 5) is 73.2. The van der Waals surface area contributed by atoms with Crippen molar-refractivity contribution in [1.29, 1.82) is 0 Å². The average Bonchev–Trinajstić information content (AvgIpc) is 4.12. The van der Waals surface area contributed by atoms with Crippen molar-refractivity contribution in [3.05, 3.63) is 71.4 Å². The van der Waals surface area contributed by atoms with Crippen molar-refractivity contribution < 1.29 is 28.7 Å². The Balaban J connectivity index is 0.979. The Labute approximate surface area is 355 Å². The van der Waals surface area contributed by atoms with E-state index >= 15 is 0 Å². The lowest BCUT2D eigenvalue weighted by molar-refractivity contribution is -0.139. The molecule has 320 valence electrons. The highest BCUT2D eigenvalue weighted by molar-refractivity contribution is 6.05. The van der Waals surface area contributed by atoms with Crippen LogP contribution in [0, 0.1) is 17.8 Å². The van der Waals surface area contributed by atoms with E-state index in [2.05, 4.69) is 63.1 Å². The summed E-state index contributed by atoms with van der Waals surface area (Å²) in [5, 5.41) is 7.65. The Kier molecular flexibility index (Phi) is 10.7. The zero-order chi connectivity index (χ0) is 42.7. The number of alkyl carbamates (subject to hydrolysis) is 2. The van der Waals surface area contributed by atoms with Crippen molar-refractivity contribution in [2.75, 3.05) is 20.8 Å². The van der Waals surface area contributed by atoms with Crippen molar-refractivity contribution in [2.24, 2.45) is 17.8 Å². The van der Waals surface area contributed by atoms with Gasteiger partial charge in [-0.25, -0.2) is 19.6 Å². The number of H-pyrrole nitrogens is 2. The summed E-state index contributed by atoms with van der Waals surface area (Å²) < 4.78 is 9.67. The molecule has 2 aliphatic carbocycles. The summed E-state index contributed by atoms with van der Waals surface area (Å²) in [6.07, 6.45) is 8.31. The molecule has 14 nitrogen and oxygen atoms in total. The molecule has 4 amide bonds. The molecule has 4 heterocycles. The molecule has 2 unspecified atom stereocenters. The number of rotatable bonds is 10. The van der Waals surface area contributed by atoms with Crippen LogP contribution in [0.2, 0.25) is 0 Å². The lowest BCUT2D eigenvalue weighted by Gasteiger charge is -2.37. The predicted octanol–water partition coefficient (Wildman–Crippen LogP) is 7.74. The van der Waals surface area contributed by atoms with Gasteiger partial charge in [0.1, 0.15) is 23.7 Å². The van der Waals surface area contributed by atoms with E-state index in [1.165, 1.54) is 30.9 Å². The Morgan fingerprint density at radius 1 is 0.787 bits per heavy atom. The minimum absolute atomic E-state index is 0.0803. The summed E-state index contributed by atoms with van der Waals surface area (Å²) in [5.41, 5.74) is 8.97. The average molecular weight is 829 g/mol. The highest BCUT2D eigenvalue weighted by atomic mass is 16.5. The number of methoxy groups -OCH3 is 2. The first kappa shape index (κ1) is 40.5. The maximum absolute atomic E-state index is 14.1. The van der Waals surface area contributed by atoms with Crippen molar-refractivity contribution in [1.82, 2.24) is 40.4 Å². The number of carbonyl (C=O) groups excluding carboxylic acids is 4. The summed E-state index contributed by atoms with van der Waals surface area (Å²) in [7, 11) is 2.62. The van der Waals surface area contributed by atoms with E-state index in [0.29, 0.717) is 12.5 Å². The predicted molar refractivity (Wildman–Crippen MR) is 231 cm³/mol. The minimum Gasteiger partial charge on any atom is -0.453 e. The van der Waals surface area contributed by atoms with Crippen molar-refractivity contribution in [2.45, 2.75) is 109 Å². The van der Waals surface area contributed by atoms with Crippen LogP contribution in [0.15, 0.2) is 48.7 Å². The van der Waals surface area contributed by atoms with Crippen LogP contribution in [0.4, 0.5) is 9.59 Å². The molecule has 1 saturated carbocycles. The lowest BCUT2D eigenvalue weighted by atomic mass is 9.91. The number of hydrogen-bond acceptors (Lipinski definition) is 8. The maximum Gasteiger partial charge on any atom is 0.407 e. The number of aromatic amines is 2. The number of carbonyl (C=O) groups is 4. The summed E-state index contributed by atoms with van der Waals surface area (Å²) in [6, 6.07) is 13.6. The number of benzene rings is 3. The molecule has 3 fully saturated rings. The van der Waals surface area contributed by atoms with Crippen molar-refractivity contribution in [3.8, 4) is 22.4 Å². The number of nitrogens with zero attached hydrogens (tertiary/aromatic N) is 4. The van der Waals surface area contributed by atoms with Gasteiger partial charge in [-0.15, -0.1) is 0 Å². The Morgan fingerprint density at radius 2 is 1.49 bits per heavy atom. The number of aromatic nitrogens is 4. The molecular weight excluding hydrogens is 773 g/mol. The number of likely N-dealkylation sites (tertiary alicyclic amines) is 2. The fraction of sp³-hybridized carbons (Fsp3) is 0.489. The summed E-state index contributed by atoms with van der Waals surface area (Å²) >= 11 is 0. The van der Waals surface area contributed by atoms with Gasteiger partial charge in [0.15, 0.2) is 0 Å². The second kappa shape index (κ2) is 16.2. The van der Waals surface area contributed by atoms with Crippen LogP contribution in [-0.4, -0.2) is 92.6 Å². The van der Waals surface area contributed by atoms with Crippen LogP contribution in [0.25, 0.3) is 44.2 Å². The third-order valence-electron chi connectivity index (χ3n) is 13.7. The van der Waals surface area contributed by atoms with Gasteiger partial charge in [0, 0.05) is 23.5 Å². The third-order valence-corrected chi connectivity index (χ3v) is 13.7. The van der Waals surface area contributed by atoms with Crippen molar-refractivity contribution in [3.63, 3.8) is 0 Å². The molecule has 2 bridgehead atoms. The van der Waals surface area contributed by atoms with Gasteiger partial charge in [0.2, 0.25) is 11.8 Å². The smallest absolute Gasteiger partial charge is 0.407 e. The van der Waals surface area contributed by atoms with Crippen LogP contribution in [0.3, 0.4) is 0 Å². The number of fused-ring (bicyclic) bond motifs is 6. The molecule has 9 rings (SSSR count). The van der Waals surface area contributed by atoms with E-state index in [-0.39, 0.29) is 41.8 Å². The first-order valence-electron chi connectivity index (χ1n) is 21.9. The normalized spacial score (nSPS) is 21.7. The topological polar surface area (TPSA) is 175 Å². The molecule has 2 aliphatic heterocycles. The summed E-state index contributed by atoms with van der Waals surface area (Å²) in [5.74, 6) is 1.45. The number of amides is 4. The SMILES string of the molecule is COC(=O)N[C@H](C(=O)N1CCC[C@H]1c1nc2c(ccc3cc(-c4ccc(-c5cnc([C@@H]6C7CCC(C7)N6C(=O)[C@@H](NC(=O)OC)C(C)C)[nH]5)c5c4CCC5)ccc32)[nH]1)C(C)C. The van der Waals surface area contributed by atoms with E-state index in [1.54, 1.807) is 0 Å². The zero-order valence-electron chi connectivity index (χ0n) is 35.8. The highest BCUT2D eigenvalue weighted by Crippen LogP contribution is 2.50. The highest BCUT2D eigenvalue weighted by Gasteiger charge is 2.51. The first-order chi connectivity index (χ1) is 29.4. The Hall–Kier alpha value is -5.92. The largest absolute Gasteiger partial charge is 0.453 e. The van der Waals surface area contributed by atoms with E-state index in [0.717, 1.165) is 102 Å². The first-order valence-corrected chi connectivity index (χ1v) is 21.9. The number of nitrogens with one attached hydrogen (secondary N) is 4. The fourth-order valence-electron chi connectivity index (χ4n) is 10.7. The van der Waals surface area contributed by atoms with Gasteiger partial charge in [0.05, 0.1) is 49.2 Å². The molecule has 14 heteroatoms. The molecule has 6 atom stereocenters. The fourth-order valence-corrected chi connectivity index (χ4v) is 10.7. The summed E-state index contributed by atoms with van der Waals surface area (Å²) in [6.45, 7) is 8.31. The third kappa shape index (κ3) is 7.17. The monoisotopic (exact) mass is 828 g/mol.